The Morgan fingerprint density at radius 3 is 2.50 bits per heavy atom. The van der Waals surface area contributed by atoms with E-state index in [2.05, 4.69) is 34.4 Å². The van der Waals surface area contributed by atoms with E-state index in [1.165, 1.54) is 0 Å². The standard InChI is InChI=1S/C27H39N5O4/c1-4-31(5-2)15-7-14-28-26(33)22-12-16-32(17-13-22)27(34)30-20-21-10-11-25(29-19-21)36-24-9-6-8-23(18-24)35-3/h6,8-11,18-19,22H,4-5,7,12-17,20H2,1-3H3,(H,28,33)(H,30,34). The van der Waals surface area contributed by atoms with Gasteiger partial charge in [0.15, 0.2) is 0 Å². The van der Waals surface area contributed by atoms with Crippen LogP contribution in [0.5, 0.6) is 17.4 Å². The first-order chi connectivity index (χ1) is 17.5. The van der Waals surface area contributed by atoms with Gasteiger partial charge in [-0.1, -0.05) is 26.0 Å². The van der Waals surface area contributed by atoms with Crippen LogP contribution in [0, 0.1) is 5.92 Å². The van der Waals surface area contributed by atoms with Crippen LogP contribution in [0.2, 0.25) is 0 Å². The lowest BCUT2D eigenvalue weighted by atomic mass is 9.96. The zero-order chi connectivity index (χ0) is 25.8. The molecule has 0 saturated carbocycles. The van der Waals surface area contributed by atoms with Crippen LogP contribution in [-0.2, 0) is 11.3 Å². The average molecular weight is 498 g/mol. The molecule has 2 heterocycles. The Balaban J connectivity index is 1.35. The van der Waals surface area contributed by atoms with Crippen LogP contribution in [0.3, 0.4) is 0 Å². The van der Waals surface area contributed by atoms with Crippen LogP contribution in [0.25, 0.3) is 0 Å². The van der Waals surface area contributed by atoms with Crippen molar-refractivity contribution in [3.8, 4) is 17.4 Å². The van der Waals surface area contributed by atoms with Crippen molar-refractivity contribution in [1.29, 1.82) is 0 Å². The number of amides is 3. The SMILES string of the molecule is CCN(CC)CCCNC(=O)C1CCN(C(=O)NCc2ccc(Oc3cccc(OC)c3)nc2)CC1. The van der Waals surface area contributed by atoms with Gasteiger partial charge in [-0.15, -0.1) is 0 Å². The van der Waals surface area contributed by atoms with Crippen molar-refractivity contribution in [3.05, 3.63) is 48.2 Å². The zero-order valence-electron chi connectivity index (χ0n) is 21.7. The first-order valence-corrected chi connectivity index (χ1v) is 12.8. The summed E-state index contributed by atoms with van der Waals surface area (Å²) in [6, 6.07) is 10.8. The van der Waals surface area contributed by atoms with Crippen molar-refractivity contribution in [1.82, 2.24) is 25.4 Å². The summed E-state index contributed by atoms with van der Waals surface area (Å²) in [4.78, 5) is 33.5. The highest BCUT2D eigenvalue weighted by molar-refractivity contribution is 5.79. The molecule has 3 amide bonds. The van der Waals surface area contributed by atoms with Crippen molar-refractivity contribution < 1.29 is 19.1 Å². The van der Waals surface area contributed by atoms with E-state index in [9.17, 15) is 9.59 Å². The van der Waals surface area contributed by atoms with Gasteiger partial charge in [-0.25, -0.2) is 9.78 Å². The number of likely N-dealkylation sites (tertiary alicyclic amines) is 1. The Morgan fingerprint density at radius 1 is 1.08 bits per heavy atom. The van der Waals surface area contributed by atoms with E-state index in [1.54, 1.807) is 30.3 Å². The third-order valence-corrected chi connectivity index (χ3v) is 6.50. The number of carbonyl (C=O) groups is 2. The topological polar surface area (TPSA) is 96.0 Å². The highest BCUT2D eigenvalue weighted by Gasteiger charge is 2.27. The van der Waals surface area contributed by atoms with Crippen molar-refractivity contribution in [3.63, 3.8) is 0 Å². The number of pyridine rings is 1. The Hall–Kier alpha value is -3.33. The third-order valence-electron chi connectivity index (χ3n) is 6.50. The Kier molecular flexibility index (Phi) is 10.8. The molecule has 0 radical (unpaired) electrons. The summed E-state index contributed by atoms with van der Waals surface area (Å²) in [7, 11) is 1.61. The molecule has 1 aliphatic heterocycles. The number of nitrogens with zero attached hydrogens (tertiary/aromatic N) is 3. The summed E-state index contributed by atoms with van der Waals surface area (Å²) < 4.78 is 11.0. The zero-order valence-corrected chi connectivity index (χ0v) is 21.7. The molecule has 2 aromatic rings. The van der Waals surface area contributed by atoms with Gasteiger partial charge in [0.25, 0.3) is 0 Å². The van der Waals surface area contributed by atoms with Gasteiger partial charge in [-0.05, 0) is 56.6 Å². The predicted octanol–water partition coefficient (Wildman–Crippen LogP) is 3.65. The van der Waals surface area contributed by atoms with Gasteiger partial charge < -0.3 is 29.9 Å². The molecule has 196 valence electrons. The fourth-order valence-corrected chi connectivity index (χ4v) is 4.19. The molecule has 1 aromatic heterocycles. The molecule has 1 saturated heterocycles. The van der Waals surface area contributed by atoms with Crippen molar-refractivity contribution >= 4 is 11.9 Å². The monoisotopic (exact) mass is 497 g/mol. The second-order valence-corrected chi connectivity index (χ2v) is 8.88. The number of urea groups is 1. The minimum atomic E-state index is -0.121. The number of piperidine rings is 1. The molecule has 1 aromatic carbocycles. The Labute approximate surface area is 214 Å². The van der Waals surface area contributed by atoms with E-state index < -0.39 is 0 Å². The van der Waals surface area contributed by atoms with Crippen molar-refractivity contribution in [2.24, 2.45) is 5.92 Å². The predicted molar refractivity (Wildman–Crippen MR) is 139 cm³/mol. The van der Waals surface area contributed by atoms with Gasteiger partial charge >= 0.3 is 6.03 Å². The molecule has 36 heavy (non-hydrogen) atoms. The third kappa shape index (κ3) is 8.41. The molecule has 3 rings (SSSR count). The molecule has 0 unspecified atom stereocenters. The number of aromatic nitrogens is 1. The van der Waals surface area contributed by atoms with E-state index in [1.807, 2.05) is 24.3 Å². The molecular weight excluding hydrogens is 458 g/mol. The number of rotatable bonds is 12. The van der Waals surface area contributed by atoms with E-state index in [4.69, 9.17) is 9.47 Å². The smallest absolute Gasteiger partial charge is 0.317 e. The fourth-order valence-electron chi connectivity index (χ4n) is 4.19. The second-order valence-electron chi connectivity index (χ2n) is 8.88. The summed E-state index contributed by atoms with van der Waals surface area (Å²) in [5.74, 6) is 1.90. The van der Waals surface area contributed by atoms with E-state index >= 15 is 0 Å². The maximum absolute atomic E-state index is 12.6. The van der Waals surface area contributed by atoms with Gasteiger partial charge in [0.2, 0.25) is 11.8 Å². The molecule has 0 atom stereocenters. The highest BCUT2D eigenvalue weighted by Crippen LogP contribution is 2.24. The van der Waals surface area contributed by atoms with Crippen LogP contribution >= 0.6 is 0 Å². The summed E-state index contributed by atoms with van der Waals surface area (Å²) in [6.07, 6.45) is 4.02. The summed E-state index contributed by atoms with van der Waals surface area (Å²) in [6.45, 7) is 9.60. The Morgan fingerprint density at radius 2 is 1.83 bits per heavy atom. The number of hydrogen-bond donors (Lipinski definition) is 2. The number of methoxy groups -OCH3 is 1. The molecule has 0 aliphatic carbocycles. The maximum Gasteiger partial charge on any atom is 0.317 e. The molecule has 2 N–H and O–H groups in total. The number of carbonyl (C=O) groups excluding carboxylic acids is 2. The summed E-state index contributed by atoms with van der Waals surface area (Å²) >= 11 is 0. The van der Waals surface area contributed by atoms with Crippen LogP contribution in [0.1, 0.15) is 38.7 Å². The van der Waals surface area contributed by atoms with Gasteiger partial charge in [0, 0.05) is 50.4 Å². The normalized spacial score (nSPS) is 13.9. The second kappa shape index (κ2) is 14.3. The first-order valence-electron chi connectivity index (χ1n) is 12.8. The molecule has 9 nitrogen and oxygen atoms in total. The lowest BCUT2D eigenvalue weighted by Crippen LogP contribution is -2.46. The van der Waals surface area contributed by atoms with E-state index in [0.29, 0.717) is 56.4 Å². The van der Waals surface area contributed by atoms with Gasteiger partial charge in [0.1, 0.15) is 11.5 Å². The Bertz CT molecular complexity index is 957. The largest absolute Gasteiger partial charge is 0.497 e. The molecule has 0 spiro atoms. The molecule has 1 fully saturated rings. The molecule has 0 bridgehead atoms. The van der Waals surface area contributed by atoms with Crippen LogP contribution in [0.15, 0.2) is 42.6 Å². The average Bonchev–Trinajstić information content (AvgIpc) is 2.92. The lowest BCUT2D eigenvalue weighted by molar-refractivity contribution is -0.126. The van der Waals surface area contributed by atoms with Crippen molar-refractivity contribution in [2.45, 2.75) is 39.7 Å². The lowest BCUT2D eigenvalue weighted by Gasteiger charge is -2.31. The molecule has 9 heteroatoms. The van der Waals surface area contributed by atoms with Gasteiger partial charge in [-0.3, -0.25) is 4.79 Å². The van der Waals surface area contributed by atoms with E-state index in [0.717, 1.165) is 31.6 Å². The van der Waals surface area contributed by atoms with Gasteiger partial charge in [-0.2, -0.15) is 0 Å². The number of ether oxygens (including phenoxy) is 2. The first kappa shape index (κ1) is 27.3. The summed E-state index contributed by atoms with van der Waals surface area (Å²) in [5, 5.41) is 6.01. The van der Waals surface area contributed by atoms with E-state index in [-0.39, 0.29) is 17.9 Å². The molecular formula is C27H39N5O4. The number of nitrogens with one attached hydrogen (secondary N) is 2. The quantitative estimate of drug-likeness (QED) is 0.435. The highest BCUT2D eigenvalue weighted by atomic mass is 16.5. The van der Waals surface area contributed by atoms with Crippen LogP contribution in [-0.4, -0.2) is 73.1 Å². The maximum atomic E-state index is 12.6. The minimum Gasteiger partial charge on any atom is -0.497 e. The van der Waals surface area contributed by atoms with Crippen molar-refractivity contribution in [2.75, 3.05) is 46.4 Å². The summed E-state index contributed by atoms with van der Waals surface area (Å²) in [5.41, 5.74) is 0.875. The number of hydrogen-bond acceptors (Lipinski definition) is 6. The molecule has 1 aliphatic rings. The fraction of sp³-hybridized carbons (Fsp3) is 0.519. The van der Waals surface area contributed by atoms with Crippen LogP contribution < -0.4 is 20.1 Å². The van der Waals surface area contributed by atoms with Gasteiger partial charge in [0.05, 0.1) is 7.11 Å². The number of benzene rings is 1. The van der Waals surface area contributed by atoms with Crippen LogP contribution in [0.4, 0.5) is 4.79 Å². The minimum absolute atomic E-state index is 0.0242.